The number of fused-ring (bicyclic) bond motifs is 3. The lowest BCUT2D eigenvalue weighted by Gasteiger charge is -2.18. The Labute approximate surface area is 209 Å². The van der Waals surface area contributed by atoms with Gasteiger partial charge in [0.1, 0.15) is 0 Å². The Morgan fingerprint density at radius 2 is 1.97 bits per heavy atom. The predicted octanol–water partition coefficient (Wildman–Crippen LogP) is 6.25. The van der Waals surface area contributed by atoms with Crippen LogP contribution in [0.25, 0.3) is 32.1 Å². The van der Waals surface area contributed by atoms with Crippen molar-refractivity contribution in [3.05, 3.63) is 66.4 Å². The molecule has 2 aromatic heterocycles. The Morgan fingerprint density at radius 3 is 2.71 bits per heavy atom. The maximum Gasteiger partial charge on any atom is 0.195 e. The second-order valence-electron chi connectivity index (χ2n) is 9.20. The first kappa shape index (κ1) is 23.1. The molecule has 34 heavy (non-hydrogen) atoms. The fourth-order valence-electron chi connectivity index (χ4n) is 4.35. The van der Waals surface area contributed by atoms with Crippen molar-refractivity contribution in [2.24, 2.45) is 0 Å². The van der Waals surface area contributed by atoms with Gasteiger partial charge in [-0.3, -0.25) is 4.40 Å². The normalized spacial score (nSPS) is 13.9. The highest BCUT2D eigenvalue weighted by Crippen LogP contribution is 2.31. The summed E-state index contributed by atoms with van der Waals surface area (Å²) in [5.74, 6) is 0. The number of aromatic nitrogens is 2. The quantitative estimate of drug-likeness (QED) is 0.237. The van der Waals surface area contributed by atoms with Crippen molar-refractivity contribution in [2.45, 2.75) is 45.7 Å². The highest BCUT2D eigenvalue weighted by atomic mass is 32.1. The van der Waals surface area contributed by atoms with Crippen LogP contribution in [0.3, 0.4) is 0 Å². The average Bonchev–Trinajstić information content (AvgIpc) is 3.51. The second kappa shape index (κ2) is 10.3. The van der Waals surface area contributed by atoms with Gasteiger partial charge in [0.25, 0.3) is 0 Å². The van der Waals surface area contributed by atoms with E-state index in [1.165, 1.54) is 28.6 Å². The third kappa shape index (κ3) is 5.19. The summed E-state index contributed by atoms with van der Waals surface area (Å²) in [6.45, 7) is 13.9. The number of thiazole rings is 1. The third-order valence-electron chi connectivity index (χ3n) is 6.75. The molecule has 0 saturated heterocycles. The molecule has 0 unspecified atom stereocenters. The first-order valence-corrected chi connectivity index (χ1v) is 13.4. The van der Waals surface area contributed by atoms with Crippen molar-refractivity contribution in [1.82, 2.24) is 24.9 Å². The number of hydrogen-bond donors (Lipinski definition) is 2. The van der Waals surface area contributed by atoms with Crippen LogP contribution in [0.15, 0.2) is 55.2 Å². The highest BCUT2D eigenvalue weighted by molar-refractivity contribution is 7.23. The molecule has 1 aliphatic rings. The summed E-state index contributed by atoms with van der Waals surface area (Å²) in [6.07, 6.45) is 5.92. The van der Waals surface area contributed by atoms with Gasteiger partial charge in [-0.2, -0.15) is 0 Å². The molecule has 2 aromatic carbocycles. The van der Waals surface area contributed by atoms with Crippen LogP contribution in [-0.4, -0.2) is 46.5 Å². The average molecular weight is 478 g/mol. The lowest BCUT2D eigenvalue weighted by Crippen LogP contribution is -2.26. The van der Waals surface area contributed by atoms with E-state index in [0.717, 1.165) is 72.7 Å². The second-order valence-corrected chi connectivity index (χ2v) is 10.2. The van der Waals surface area contributed by atoms with E-state index in [1.54, 1.807) is 11.3 Å². The molecular weight excluding hydrogens is 438 g/mol. The molecule has 1 fully saturated rings. The van der Waals surface area contributed by atoms with E-state index in [4.69, 9.17) is 4.98 Å². The molecule has 6 heteroatoms. The van der Waals surface area contributed by atoms with Gasteiger partial charge in [0.05, 0.1) is 15.9 Å². The van der Waals surface area contributed by atoms with E-state index in [-0.39, 0.29) is 2.85 Å². The van der Waals surface area contributed by atoms with Crippen molar-refractivity contribution in [2.75, 3.05) is 26.2 Å². The molecule has 0 atom stereocenters. The van der Waals surface area contributed by atoms with Crippen molar-refractivity contribution < 1.29 is 2.85 Å². The Hall–Kier alpha value is -2.67. The number of imidazole rings is 1. The minimum absolute atomic E-state index is 0. The fraction of sp³-hybridized carbons (Fsp3) is 0.393. The van der Waals surface area contributed by atoms with E-state index in [2.05, 4.69) is 89.0 Å². The molecule has 182 valence electrons. The van der Waals surface area contributed by atoms with Crippen LogP contribution in [0.4, 0.5) is 0 Å². The minimum Gasteiger partial charge on any atom is -0.385 e. The Bertz CT molecular complexity index is 1270. The summed E-state index contributed by atoms with van der Waals surface area (Å²) < 4.78 is 3.45. The summed E-state index contributed by atoms with van der Waals surface area (Å²) in [5.41, 5.74) is 6.86. The molecular formula is C28H39N5S. The summed E-state index contributed by atoms with van der Waals surface area (Å²) in [4.78, 5) is 8.40. The first-order chi connectivity index (χ1) is 16.6. The molecule has 0 radical (unpaired) electrons. The van der Waals surface area contributed by atoms with Crippen LogP contribution in [0.5, 0.6) is 0 Å². The van der Waals surface area contributed by atoms with Crippen molar-refractivity contribution in [1.29, 1.82) is 0 Å². The molecule has 1 aliphatic carbocycles. The predicted molar refractivity (Wildman–Crippen MR) is 150 cm³/mol. The number of nitrogens with one attached hydrogen (secondary N) is 2. The zero-order valence-corrected chi connectivity index (χ0v) is 21.1. The van der Waals surface area contributed by atoms with Crippen molar-refractivity contribution >= 4 is 32.2 Å². The largest absolute Gasteiger partial charge is 0.385 e. The Kier molecular flexibility index (Phi) is 6.99. The van der Waals surface area contributed by atoms with E-state index < -0.39 is 0 Å². The van der Waals surface area contributed by atoms with Gasteiger partial charge in [-0.1, -0.05) is 62.1 Å². The summed E-state index contributed by atoms with van der Waals surface area (Å²) in [7, 11) is 0. The lowest BCUT2D eigenvalue weighted by atomic mass is 10.1. The van der Waals surface area contributed by atoms with Gasteiger partial charge >= 0.3 is 0 Å². The smallest absolute Gasteiger partial charge is 0.195 e. The first-order valence-electron chi connectivity index (χ1n) is 12.5. The van der Waals surface area contributed by atoms with E-state index in [9.17, 15) is 0 Å². The Morgan fingerprint density at radius 1 is 1.18 bits per heavy atom. The minimum atomic E-state index is 0. The molecule has 0 aliphatic heterocycles. The summed E-state index contributed by atoms with van der Waals surface area (Å²) in [5, 5.41) is 7.08. The van der Waals surface area contributed by atoms with Gasteiger partial charge in [0.15, 0.2) is 4.96 Å². The highest BCUT2D eigenvalue weighted by Gasteiger charge is 2.20. The van der Waals surface area contributed by atoms with Gasteiger partial charge < -0.3 is 15.5 Å². The fourth-order valence-corrected chi connectivity index (χ4v) is 5.40. The molecule has 4 aromatic rings. The van der Waals surface area contributed by atoms with Gasteiger partial charge in [-0.25, -0.2) is 4.98 Å². The van der Waals surface area contributed by atoms with Crippen LogP contribution >= 0.6 is 11.3 Å². The molecule has 2 N–H and O–H groups in total. The zero-order valence-electron chi connectivity index (χ0n) is 20.3. The topological polar surface area (TPSA) is 44.6 Å². The number of rotatable bonds is 12. The van der Waals surface area contributed by atoms with E-state index in [0.29, 0.717) is 0 Å². The monoisotopic (exact) mass is 477 g/mol. The summed E-state index contributed by atoms with van der Waals surface area (Å²) in [6, 6.07) is 16.1. The van der Waals surface area contributed by atoms with E-state index in [1.807, 2.05) is 0 Å². The molecule has 5 rings (SSSR count). The maximum atomic E-state index is 4.93. The molecule has 0 spiro atoms. The van der Waals surface area contributed by atoms with Crippen LogP contribution in [0.1, 0.15) is 47.1 Å². The van der Waals surface area contributed by atoms with Crippen LogP contribution < -0.4 is 10.6 Å². The van der Waals surface area contributed by atoms with Crippen LogP contribution in [0.2, 0.25) is 0 Å². The SMILES string of the molecule is C=C(NCCCN(CC)CC)c1ccc2c(c1)sc1nc(-c3ccc(CNC4CC4)cc3)cn12.[HH].[HH]. The van der Waals surface area contributed by atoms with Gasteiger partial charge in [-0.05, 0) is 62.2 Å². The maximum absolute atomic E-state index is 4.93. The summed E-state index contributed by atoms with van der Waals surface area (Å²) >= 11 is 1.73. The van der Waals surface area contributed by atoms with Gasteiger partial charge in [0, 0.05) is 39.4 Å². The molecule has 1 saturated carbocycles. The number of benzene rings is 2. The zero-order chi connectivity index (χ0) is 23.5. The lowest BCUT2D eigenvalue weighted by molar-refractivity contribution is 0.300. The number of hydrogen-bond acceptors (Lipinski definition) is 5. The number of nitrogens with zero attached hydrogens (tertiary/aromatic N) is 3. The molecule has 2 heterocycles. The van der Waals surface area contributed by atoms with E-state index >= 15 is 0 Å². The molecule has 5 nitrogen and oxygen atoms in total. The van der Waals surface area contributed by atoms with Gasteiger partial charge in [0.2, 0.25) is 0 Å². The third-order valence-corrected chi connectivity index (χ3v) is 7.77. The Balaban J connectivity index is 0.00000180. The molecule has 0 bridgehead atoms. The standard InChI is InChI=1S/C28H35N5S.2H2/c1-4-32(5-2)16-6-15-29-20(3)23-11-14-26-27(17-23)34-28-31-25(19-33(26)28)22-9-7-21(8-10-22)18-30-24-12-13-24;;/h7-11,14,17,19,24,29-30H,3-6,12-13,15-16,18H2,1-2H3;2*1H. The molecule has 0 amide bonds. The van der Waals surface area contributed by atoms with Gasteiger partial charge in [-0.15, -0.1) is 0 Å². The van der Waals surface area contributed by atoms with Crippen molar-refractivity contribution in [3.8, 4) is 11.3 Å². The van der Waals surface area contributed by atoms with Crippen molar-refractivity contribution in [3.63, 3.8) is 0 Å². The van der Waals surface area contributed by atoms with Crippen LogP contribution in [0, 0.1) is 0 Å². The van der Waals surface area contributed by atoms with Crippen LogP contribution in [-0.2, 0) is 6.54 Å².